The van der Waals surface area contributed by atoms with Crippen LogP contribution >= 0.6 is 11.8 Å². The lowest BCUT2D eigenvalue weighted by molar-refractivity contribution is 0.102. The van der Waals surface area contributed by atoms with Crippen LogP contribution in [0.5, 0.6) is 0 Å². The zero-order valence-corrected chi connectivity index (χ0v) is 20.1. The lowest BCUT2D eigenvalue weighted by Gasteiger charge is -2.19. The Hall–Kier alpha value is -2.38. The van der Waals surface area contributed by atoms with E-state index in [1.807, 2.05) is 48.7 Å². The summed E-state index contributed by atoms with van der Waals surface area (Å²) in [6.45, 7) is 6.69. The number of aromatic nitrogens is 3. The molecule has 0 aliphatic heterocycles. The van der Waals surface area contributed by atoms with E-state index in [1.165, 1.54) is 11.8 Å². The lowest BCUT2D eigenvalue weighted by Crippen LogP contribution is -2.26. The van der Waals surface area contributed by atoms with Crippen LogP contribution in [0.4, 0.5) is 0 Å². The number of hydrogen-bond donors (Lipinski definition) is 0. The number of nitrogens with zero attached hydrogens (tertiary/aromatic N) is 3. The van der Waals surface area contributed by atoms with Gasteiger partial charge in [0.1, 0.15) is 0 Å². The summed E-state index contributed by atoms with van der Waals surface area (Å²) < 4.78 is 9.30. The van der Waals surface area contributed by atoms with Crippen molar-refractivity contribution in [1.29, 1.82) is 0 Å². The molecule has 1 saturated carbocycles. The Bertz CT molecular complexity index is 1190. The van der Waals surface area contributed by atoms with Crippen LogP contribution in [-0.4, -0.2) is 39.4 Å². The standard InChI is InChI=1S/C25H31N3O3S/c1-16-13-21(18(3)27(16)17(2)14-31-4)23(29)15-32-25-26-22-12-8-7-11-20(22)24(30)28(25)19-9-5-6-10-19/h7-8,11-13,17,19H,5-6,9-10,14-15H2,1-4H3. The minimum atomic E-state index is 0.00372. The van der Waals surface area contributed by atoms with Gasteiger partial charge in [-0.25, -0.2) is 4.98 Å². The summed E-state index contributed by atoms with van der Waals surface area (Å²) in [6.07, 6.45) is 4.22. The molecule has 7 heteroatoms. The Morgan fingerprint density at radius 2 is 1.97 bits per heavy atom. The topological polar surface area (TPSA) is 66.1 Å². The number of methoxy groups -OCH3 is 1. The summed E-state index contributed by atoms with van der Waals surface area (Å²) in [5.74, 6) is 0.305. The second kappa shape index (κ2) is 9.63. The Morgan fingerprint density at radius 3 is 2.69 bits per heavy atom. The zero-order chi connectivity index (χ0) is 22.8. The number of benzene rings is 1. The highest BCUT2D eigenvalue weighted by Crippen LogP contribution is 2.32. The van der Waals surface area contributed by atoms with Gasteiger partial charge < -0.3 is 9.30 Å². The summed E-state index contributed by atoms with van der Waals surface area (Å²) in [7, 11) is 1.69. The molecule has 1 aliphatic rings. The first kappa shape index (κ1) is 22.8. The molecule has 4 rings (SSSR count). The molecule has 0 bridgehead atoms. The van der Waals surface area contributed by atoms with E-state index < -0.39 is 0 Å². The van der Waals surface area contributed by atoms with E-state index in [9.17, 15) is 9.59 Å². The van der Waals surface area contributed by atoms with E-state index in [0.29, 0.717) is 22.7 Å². The van der Waals surface area contributed by atoms with E-state index in [-0.39, 0.29) is 29.2 Å². The largest absolute Gasteiger partial charge is 0.383 e. The molecule has 0 radical (unpaired) electrons. The fraction of sp³-hybridized carbons (Fsp3) is 0.480. The quantitative estimate of drug-likeness (QED) is 0.269. The highest BCUT2D eigenvalue weighted by atomic mass is 32.2. The van der Waals surface area contributed by atoms with Crippen molar-refractivity contribution in [2.45, 2.75) is 63.7 Å². The second-order valence-corrected chi connectivity index (χ2v) is 9.64. The van der Waals surface area contributed by atoms with Crippen molar-refractivity contribution in [3.63, 3.8) is 0 Å². The van der Waals surface area contributed by atoms with Gasteiger partial charge in [0, 0.05) is 30.1 Å². The molecule has 1 aliphatic carbocycles. The van der Waals surface area contributed by atoms with Gasteiger partial charge in [-0.3, -0.25) is 14.2 Å². The van der Waals surface area contributed by atoms with Crippen molar-refractivity contribution in [2.75, 3.05) is 19.5 Å². The van der Waals surface area contributed by atoms with E-state index >= 15 is 0 Å². The highest BCUT2D eigenvalue weighted by molar-refractivity contribution is 7.99. The predicted molar refractivity (Wildman–Crippen MR) is 129 cm³/mol. The van der Waals surface area contributed by atoms with Crippen molar-refractivity contribution in [3.05, 3.63) is 57.6 Å². The Labute approximate surface area is 193 Å². The van der Waals surface area contributed by atoms with Crippen LogP contribution in [0.15, 0.2) is 40.3 Å². The summed E-state index contributed by atoms with van der Waals surface area (Å²) in [4.78, 5) is 31.3. The minimum absolute atomic E-state index is 0.00372. The van der Waals surface area contributed by atoms with Crippen molar-refractivity contribution in [1.82, 2.24) is 14.1 Å². The summed E-state index contributed by atoms with van der Waals surface area (Å²) >= 11 is 1.38. The fourth-order valence-corrected chi connectivity index (χ4v) is 5.92. The number of carbonyl (C=O) groups excluding carboxylic acids is 1. The van der Waals surface area contributed by atoms with Crippen molar-refractivity contribution < 1.29 is 9.53 Å². The fourth-order valence-electron chi connectivity index (χ4n) is 4.97. The lowest BCUT2D eigenvalue weighted by atomic mass is 10.2. The smallest absolute Gasteiger partial charge is 0.262 e. The molecule has 1 unspecified atom stereocenters. The predicted octanol–water partition coefficient (Wildman–Crippen LogP) is 5.11. The second-order valence-electron chi connectivity index (χ2n) is 8.70. The summed E-state index contributed by atoms with van der Waals surface area (Å²) in [5.41, 5.74) is 3.43. The Balaban J connectivity index is 1.63. The van der Waals surface area contributed by atoms with Gasteiger partial charge in [0.2, 0.25) is 0 Å². The normalized spacial score (nSPS) is 15.5. The number of carbonyl (C=O) groups is 1. The molecule has 1 aromatic carbocycles. The molecule has 0 N–H and O–H groups in total. The van der Waals surface area contributed by atoms with Gasteiger partial charge in [0.15, 0.2) is 10.9 Å². The molecule has 0 amide bonds. The average Bonchev–Trinajstić information content (AvgIpc) is 3.40. The number of fused-ring (bicyclic) bond motifs is 1. The van der Waals surface area contributed by atoms with Crippen molar-refractivity contribution in [2.24, 2.45) is 0 Å². The molecule has 32 heavy (non-hydrogen) atoms. The van der Waals surface area contributed by atoms with E-state index in [1.54, 1.807) is 7.11 Å². The number of ether oxygens (including phenoxy) is 1. The maximum absolute atomic E-state index is 13.3. The number of ketones is 1. The van der Waals surface area contributed by atoms with Gasteiger partial charge >= 0.3 is 0 Å². The monoisotopic (exact) mass is 453 g/mol. The molecule has 2 aromatic heterocycles. The number of para-hydroxylation sites is 1. The Morgan fingerprint density at radius 1 is 1.25 bits per heavy atom. The van der Waals surface area contributed by atoms with Crippen LogP contribution in [0.25, 0.3) is 10.9 Å². The molecule has 170 valence electrons. The van der Waals surface area contributed by atoms with Crippen LogP contribution < -0.4 is 5.56 Å². The van der Waals surface area contributed by atoms with Crippen LogP contribution in [0.1, 0.15) is 66.4 Å². The van der Waals surface area contributed by atoms with E-state index in [4.69, 9.17) is 9.72 Å². The molecule has 6 nitrogen and oxygen atoms in total. The zero-order valence-electron chi connectivity index (χ0n) is 19.3. The number of Topliss-reactive ketones (excluding diaryl/α,β-unsaturated/α-hetero) is 1. The summed E-state index contributed by atoms with van der Waals surface area (Å²) in [6, 6.07) is 9.76. The van der Waals surface area contributed by atoms with Crippen molar-refractivity contribution >= 4 is 28.4 Å². The molecule has 0 spiro atoms. The van der Waals surface area contributed by atoms with E-state index in [0.717, 1.165) is 42.6 Å². The van der Waals surface area contributed by atoms with Gasteiger partial charge in [-0.1, -0.05) is 36.7 Å². The number of rotatable bonds is 8. The van der Waals surface area contributed by atoms with Crippen LogP contribution in [0.2, 0.25) is 0 Å². The first-order valence-electron chi connectivity index (χ1n) is 11.3. The molecule has 1 fully saturated rings. The molecular formula is C25H31N3O3S. The SMILES string of the molecule is COCC(C)n1c(C)cc(C(=O)CSc2nc3ccccc3c(=O)n2C2CCCC2)c1C. The van der Waals surface area contributed by atoms with Gasteiger partial charge in [-0.2, -0.15) is 0 Å². The van der Waals surface area contributed by atoms with Crippen LogP contribution in [0, 0.1) is 13.8 Å². The minimum Gasteiger partial charge on any atom is -0.383 e. The van der Waals surface area contributed by atoms with Crippen LogP contribution in [-0.2, 0) is 4.74 Å². The van der Waals surface area contributed by atoms with Crippen LogP contribution in [0.3, 0.4) is 0 Å². The number of aryl methyl sites for hydroxylation is 1. The van der Waals surface area contributed by atoms with Gasteiger partial charge in [0.05, 0.1) is 29.3 Å². The van der Waals surface area contributed by atoms with Gasteiger partial charge in [-0.15, -0.1) is 0 Å². The highest BCUT2D eigenvalue weighted by Gasteiger charge is 2.24. The molecule has 1 atom stereocenters. The summed E-state index contributed by atoms with van der Waals surface area (Å²) in [5, 5.41) is 1.29. The third-order valence-corrected chi connectivity index (χ3v) is 7.38. The average molecular weight is 454 g/mol. The molecule has 2 heterocycles. The first-order chi connectivity index (χ1) is 15.4. The molecule has 3 aromatic rings. The first-order valence-corrected chi connectivity index (χ1v) is 12.3. The van der Waals surface area contributed by atoms with E-state index in [2.05, 4.69) is 11.5 Å². The molecular weight excluding hydrogens is 422 g/mol. The number of hydrogen-bond acceptors (Lipinski definition) is 5. The van der Waals surface area contributed by atoms with Gasteiger partial charge in [0.25, 0.3) is 5.56 Å². The number of thioether (sulfide) groups is 1. The third kappa shape index (κ3) is 4.28. The van der Waals surface area contributed by atoms with Crippen molar-refractivity contribution in [3.8, 4) is 0 Å². The Kier molecular flexibility index (Phi) is 6.86. The van der Waals surface area contributed by atoms with Gasteiger partial charge in [-0.05, 0) is 51.8 Å². The maximum Gasteiger partial charge on any atom is 0.262 e. The third-order valence-electron chi connectivity index (χ3n) is 6.43. The molecule has 0 saturated heterocycles. The maximum atomic E-state index is 13.3.